The van der Waals surface area contributed by atoms with E-state index in [2.05, 4.69) is 5.32 Å². The van der Waals surface area contributed by atoms with E-state index in [1.165, 1.54) is 23.5 Å². The van der Waals surface area contributed by atoms with E-state index in [0.717, 1.165) is 16.2 Å². The van der Waals surface area contributed by atoms with E-state index < -0.39 is 0 Å². The molecule has 0 aliphatic carbocycles. The van der Waals surface area contributed by atoms with Crippen LogP contribution in [0, 0.1) is 0 Å². The fourth-order valence-corrected chi connectivity index (χ4v) is 4.40. The summed E-state index contributed by atoms with van der Waals surface area (Å²) in [6, 6.07) is 19.2. The van der Waals surface area contributed by atoms with Gasteiger partial charge in [-0.05, 0) is 24.1 Å². The van der Waals surface area contributed by atoms with Crippen LogP contribution in [0.1, 0.15) is 17.2 Å². The zero-order valence-electron chi connectivity index (χ0n) is 12.5. The molecule has 5 heteroatoms. The molecule has 1 heterocycles. The second-order valence-electron chi connectivity index (χ2n) is 5.24. The number of benzene rings is 2. The molecule has 0 spiro atoms. The average Bonchev–Trinajstić information content (AvgIpc) is 2.99. The number of rotatable bonds is 5. The minimum Gasteiger partial charge on any atom is -0.344 e. The lowest BCUT2D eigenvalue weighted by atomic mass is 10.1. The first-order valence-corrected chi connectivity index (χ1v) is 9.34. The van der Waals surface area contributed by atoms with Gasteiger partial charge in [-0.15, -0.1) is 11.8 Å². The molecule has 23 heavy (non-hydrogen) atoms. The van der Waals surface area contributed by atoms with Crippen molar-refractivity contribution in [3.05, 3.63) is 66.2 Å². The molecule has 1 saturated heterocycles. The molecule has 1 aliphatic rings. The Bertz CT molecular complexity index is 676. The monoisotopic (exact) mass is 343 g/mol. The van der Waals surface area contributed by atoms with Gasteiger partial charge in [0, 0.05) is 10.6 Å². The van der Waals surface area contributed by atoms with E-state index in [0.29, 0.717) is 6.42 Å². The molecule has 0 unspecified atom stereocenters. The van der Waals surface area contributed by atoms with Gasteiger partial charge in [-0.1, -0.05) is 60.3 Å². The standard InChI is InChI=1S/C18H17NO2S2/c20-17(19-15-11-12-22-18(15)21)16(13-7-3-1-4-8-13)23-14-9-5-2-6-10-14/h1-10,15-16H,11-12H2,(H,19,20)/t15-,16-/m0/s1. The molecule has 1 N–H and O–H groups in total. The largest absolute Gasteiger partial charge is 0.344 e. The predicted molar refractivity (Wildman–Crippen MR) is 95.5 cm³/mol. The minimum absolute atomic E-state index is 0.0647. The van der Waals surface area contributed by atoms with E-state index in [9.17, 15) is 9.59 Å². The summed E-state index contributed by atoms with van der Waals surface area (Å²) in [4.78, 5) is 25.6. The summed E-state index contributed by atoms with van der Waals surface area (Å²) in [5.74, 6) is 0.678. The number of carbonyl (C=O) groups excluding carboxylic acids is 2. The number of nitrogens with one attached hydrogen (secondary N) is 1. The van der Waals surface area contributed by atoms with Crippen LogP contribution in [0.2, 0.25) is 0 Å². The van der Waals surface area contributed by atoms with Crippen molar-refractivity contribution in [3.63, 3.8) is 0 Å². The van der Waals surface area contributed by atoms with E-state index in [-0.39, 0.29) is 22.3 Å². The van der Waals surface area contributed by atoms with Crippen LogP contribution in [-0.4, -0.2) is 22.8 Å². The Morgan fingerprint density at radius 2 is 1.74 bits per heavy atom. The van der Waals surface area contributed by atoms with Gasteiger partial charge in [-0.2, -0.15) is 0 Å². The lowest BCUT2D eigenvalue weighted by Gasteiger charge is -2.19. The number of thioether (sulfide) groups is 2. The van der Waals surface area contributed by atoms with E-state index in [4.69, 9.17) is 0 Å². The van der Waals surface area contributed by atoms with Crippen molar-refractivity contribution >= 4 is 34.5 Å². The Kier molecular flexibility index (Phi) is 5.41. The molecule has 0 aromatic heterocycles. The maximum atomic E-state index is 12.8. The van der Waals surface area contributed by atoms with Crippen molar-refractivity contribution in [1.82, 2.24) is 5.32 Å². The molecular weight excluding hydrogens is 326 g/mol. The zero-order valence-corrected chi connectivity index (χ0v) is 14.1. The number of hydrogen-bond acceptors (Lipinski definition) is 4. The highest BCUT2D eigenvalue weighted by atomic mass is 32.2. The van der Waals surface area contributed by atoms with Crippen LogP contribution in [0.15, 0.2) is 65.6 Å². The van der Waals surface area contributed by atoms with Crippen molar-refractivity contribution in [1.29, 1.82) is 0 Å². The van der Waals surface area contributed by atoms with Crippen molar-refractivity contribution in [3.8, 4) is 0 Å². The Balaban J connectivity index is 1.79. The van der Waals surface area contributed by atoms with Gasteiger partial charge < -0.3 is 5.32 Å². The second kappa shape index (κ2) is 7.70. The zero-order chi connectivity index (χ0) is 16.1. The first kappa shape index (κ1) is 16.1. The molecular formula is C18H17NO2S2. The molecule has 3 nitrogen and oxygen atoms in total. The lowest BCUT2D eigenvalue weighted by molar-refractivity contribution is -0.124. The molecule has 2 atom stereocenters. The third-order valence-electron chi connectivity index (χ3n) is 3.59. The summed E-state index contributed by atoms with van der Waals surface area (Å²) in [5, 5.41) is 2.62. The molecule has 0 saturated carbocycles. The van der Waals surface area contributed by atoms with Crippen LogP contribution in [0.25, 0.3) is 0 Å². The Morgan fingerprint density at radius 3 is 2.35 bits per heavy atom. The molecule has 0 bridgehead atoms. The number of amides is 1. The summed E-state index contributed by atoms with van der Waals surface area (Å²) in [7, 11) is 0. The molecule has 3 rings (SSSR count). The Hall–Kier alpha value is -1.72. The fourth-order valence-electron chi connectivity index (χ4n) is 2.41. The summed E-state index contributed by atoms with van der Waals surface area (Å²) in [5.41, 5.74) is 0.942. The van der Waals surface area contributed by atoms with Gasteiger partial charge in [0.1, 0.15) is 5.25 Å². The highest BCUT2D eigenvalue weighted by Gasteiger charge is 2.30. The molecule has 118 valence electrons. The minimum atomic E-state index is -0.364. The molecule has 1 aliphatic heterocycles. The SMILES string of the molecule is O=C1SCC[C@@H]1NC(=O)[C@@H](Sc1ccccc1)c1ccccc1. The maximum absolute atomic E-state index is 12.8. The molecule has 0 radical (unpaired) electrons. The summed E-state index contributed by atoms with van der Waals surface area (Å²) in [6.07, 6.45) is 0.715. The van der Waals surface area contributed by atoms with Gasteiger partial charge in [0.15, 0.2) is 0 Å². The summed E-state index contributed by atoms with van der Waals surface area (Å²) < 4.78 is 0. The van der Waals surface area contributed by atoms with Gasteiger partial charge >= 0.3 is 0 Å². The number of hydrogen-bond donors (Lipinski definition) is 1. The van der Waals surface area contributed by atoms with Gasteiger partial charge in [0.25, 0.3) is 0 Å². The van der Waals surface area contributed by atoms with Crippen molar-refractivity contribution in [2.75, 3.05) is 5.75 Å². The highest BCUT2D eigenvalue weighted by Crippen LogP contribution is 2.35. The maximum Gasteiger partial charge on any atom is 0.238 e. The first-order chi connectivity index (χ1) is 11.2. The quantitative estimate of drug-likeness (QED) is 0.842. The van der Waals surface area contributed by atoms with E-state index in [1.54, 1.807) is 0 Å². The third-order valence-corrected chi connectivity index (χ3v) is 5.86. The van der Waals surface area contributed by atoms with Gasteiger partial charge in [0.05, 0.1) is 6.04 Å². The van der Waals surface area contributed by atoms with Crippen LogP contribution < -0.4 is 5.32 Å². The van der Waals surface area contributed by atoms with E-state index >= 15 is 0 Å². The fraction of sp³-hybridized carbons (Fsp3) is 0.222. The Morgan fingerprint density at radius 1 is 1.09 bits per heavy atom. The smallest absolute Gasteiger partial charge is 0.238 e. The second-order valence-corrected chi connectivity index (χ2v) is 7.52. The predicted octanol–water partition coefficient (Wildman–Crippen LogP) is 3.67. The van der Waals surface area contributed by atoms with Crippen molar-refractivity contribution in [2.24, 2.45) is 0 Å². The molecule has 1 amide bonds. The van der Waals surface area contributed by atoms with Crippen molar-refractivity contribution in [2.45, 2.75) is 22.6 Å². The van der Waals surface area contributed by atoms with Gasteiger partial charge in [-0.25, -0.2) is 0 Å². The third kappa shape index (κ3) is 4.18. The average molecular weight is 343 g/mol. The topological polar surface area (TPSA) is 46.2 Å². The molecule has 2 aromatic carbocycles. The van der Waals surface area contributed by atoms with Crippen LogP contribution in [0.3, 0.4) is 0 Å². The number of carbonyl (C=O) groups is 2. The molecule has 1 fully saturated rings. The lowest BCUT2D eigenvalue weighted by Crippen LogP contribution is -2.39. The van der Waals surface area contributed by atoms with Crippen LogP contribution in [0.4, 0.5) is 0 Å². The molecule has 2 aromatic rings. The van der Waals surface area contributed by atoms with Gasteiger partial charge in [-0.3, -0.25) is 9.59 Å². The Labute approximate surface area is 144 Å². The van der Waals surface area contributed by atoms with Crippen LogP contribution in [0.5, 0.6) is 0 Å². The summed E-state index contributed by atoms with van der Waals surface area (Å²) >= 11 is 2.80. The van der Waals surface area contributed by atoms with Crippen LogP contribution in [-0.2, 0) is 9.59 Å². The van der Waals surface area contributed by atoms with Gasteiger partial charge in [0.2, 0.25) is 11.0 Å². The first-order valence-electron chi connectivity index (χ1n) is 7.48. The summed E-state index contributed by atoms with van der Waals surface area (Å²) in [6.45, 7) is 0. The van der Waals surface area contributed by atoms with E-state index in [1.807, 2.05) is 60.7 Å². The highest BCUT2D eigenvalue weighted by molar-refractivity contribution is 8.14. The normalized spacial score (nSPS) is 18.6. The van der Waals surface area contributed by atoms with Crippen LogP contribution >= 0.6 is 23.5 Å². The van der Waals surface area contributed by atoms with Crippen molar-refractivity contribution < 1.29 is 9.59 Å².